The van der Waals surface area contributed by atoms with Gasteiger partial charge in [-0.1, -0.05) is 20.8 Å². The molecule has 1 saturated heterocycles. The summed E-state index contributed by atoms with van der Waals surface area (Å²) in [4.78, 5) is 38.0. The number of carbonyl (C=O) groups excluding carboxylic acids is 1. The van der Waals surface area contributed by atoms with E-state index in [1.807, 2.05) is 0 Å². The number of carboxylic acid groups (broad SMARTS) is 1. The summed E-state index contributed by atoms with van der Waals surface area (Å²) < 4.78 is 0.773. The Balaban J connectivity index is 1.74. The van der Waals surface area contributed by atoms with Crippen molar-refractivity contribution in [3.8, 4) is 0 Å². The minimum absolute atomic E-state index is 0.00870. The molecule has 4 N–H and O–H groups in total. The number of amides is 2. The second kappa shape index (κ2) is 9.01. The summed E-state index contributed by atoms with van der Waals surface area (Å²) in [5.41, 5.74) is 2.55. The number of pyridine rings is 2. The van der Waals surface area contributed by atoms with Gasteiger partial charge in [0.1, 0.15) is 5.65 Å². The van der Waals surface area contributed by atoms with Crippen LogP contribution < -0.4 is 15.5 Å². The number of nitrogens with zero attached hydrogens (tertiary/aromatic N) is 3. The maximum Gasteiger partial charge on any atom is 0.404 e. The standard InChI is InChI=1S/C23H27BrN6O3/c1-23(2,3)14-7-15(28-22(32)33)12-30(11-14)19-16(24)9-26-20-18(19)17(10-27-20)29-21(31)13-5-4-6-25-8-13/h4-6,8-10,14-15,28H,7,11-12H2,1-3H3,(H,26,27)(H,29,31)(H,32,33). The highest BCUT2D eigenvalue weighted by atomic mass is 79.9. The molecule has 174 valence electrons. The van der Waals surface area contributed by atoms with E-state index in [2.05, 4.69) is 67.2 Å². The predicted octanol–water partition coefficient (Wildman–Crippen LogP) is 4.48. The van der Waals surface area contributed by atoms with Gasteiger partial charge in [0.15, 0.2) is 0 Å². The lowest BCUT2D eigenvalue weighted by atomic mass is 9.75. The topological polar surface area (TPSA) is 123 Å². The molecular weight excluding hydrogens is 488 g/mol. The highest BCUT2D eigenvalue weighted by Gasteiger charge is 2.36. The lowest BCUT2D eigenvalue weighted by molar-refractivity contribution is 0.102. The first-order valence-corrected chi connectivity index (χ1v) is 11.5. The van der Waals surface area contributed by atoms with Crippen LogP contribution in [0.1, 0.15) is 37.6 Å². The largest absolute Gasteiger partial charge is 0.465 e. The van der Waals surface area contributed by atoms with Crippen LogP contribution in [0.2, 0.25) is 0 Å². The van der Waals surface area contributed by atoms with Crippen molar-refractivity contribution >= 4 is 50.3 Å². The van der Waals surface area contributed by atoms with E-state index in [-0.39, 0.29) is 23.3 Å². The monoisotopic (exact) mass is 514 g/mol. The van der Waals surface area contributed by atoms with Crippen molar-refractivity contribution in [3.05, 3.63) is 47.0 Å². The molecule has 2 atom stereocenters. The summed E-state index contributed by atoms with van der Waals surface area (Å²) in [5, 5.41) is 15.8. The lowest BCUT2D eigenvalue weighted by Crippen LogP contribution is -2.53. The summed E-state index contributed by atoms with van der Waals surface area (Å²) >= 11 is 3.65. The van der Waals surface area contributed by atoms with Crippen LogP contribution in [0.5, 0.6) is 0 Å². The molecule has 0 radical (unpaired) electrons. The van der Waals surface area contributed by atoms with E-state index in [0.29, 0.717) is 23.4 Å². The van der Waals surface area contributed by atoms with Crippen molar-refractivity contribution in [3.63, 3.8) is 0 Å². The van der Waals surface area contributed by atoms with Gasteiger partial charge in [0, 0.05) is 37.9 Å². The Morgan fingerprint density at radius 1 is 1.27 bits per heavy atom. The SMILES string of the molecule is CC(C)(C)C1CC(NC(=O)O)CN(c2c(Br)cnc3[nH]cc(NC(=O)c4cccnc4)c23)C1. The van der Waals surface area contributed by atoms with Gasteiger partial charge >= 0.3 is 6.09 Å². The van der Waals surface area contributed by atoms with Crippen molar-refractivity contribution in [2.24, 2.45) is 11.3 Å². The molecule has 0 aliphatic carbocycles. The third kappa shape index (κ3) is 4.95. The molecule has 1 fully saturated rings. The van der Waals surface area contributed by atoms with Crippen molar-refractivity contribution in [1.82, 2.24) is 20.3 Å². The number of halogens is 1. The van der Waals surface area contributed by atoms with Gasteiger partial charge in [0.25, 0.3) is 5.91 Å². The van der Waals surface area contributed by atoms with Crippen molar-refractivity contribution in [2.45, 2.75) is 33.2 Å². The summed E-state index contributed by atoms with van der Waals surface area (Å²) in [7, 11) is 0. The highest BCUT2D eigenvalue weighted by Crippen LogP contribution is 2.42. The summed E-state index contributed by atoms with van der Waals surface area (Å²) in [6, 6.07) is 3.19. The van der Waals surface area contributed by atoms with E-state index in [0.717, 1.165) is 28.5 Å². The number of fused-ring (bicyclic) bond motifs is 1. The van der Waals surface area contributed by atoms with E-state index < -0.39 is 6.09 Å². The molecule has 4 rings (SSSR count). The molecule has 0 spiro atoms. The summed E-state index contributed by atoms with van der Waals surface area (Å²) in [6.45, 7) is 7.78. The average molecular weight is 515 g/mol. The first-order valence-electron chi connectivity index (χ1n) is 10.7. The Labute approximate surface area is 200 Å². The van der Waals surface area contributed by atoms with Crippen LogP contribution in [0, 0.1) is 11.3 Å². The van der Waals surface area contributed by atoms with Gasteiger partial charge in [-0.25, -0.2) is 9.78 Å². The van der Waals surface area contributed by atoms with Crippen LogP contribution in [-0.4, -0.2) is 51.2 Å². The van der Waals surface area contributed by atoms with Crippen LogP contribution in [0.4, 0.5) is 16.2 Å². The molecule has 3 aromatic rings. The third-order valence-electron chi connectivity index (χ3n) is 6.12. The molecular formula is C23H27BrN6O3. The summed E-state index contributed by atoms with van der Waals surface area (Å²) in [5.74, 6) is -0.0165. The van der Waals surface area contributed by atoms with Gasteiger partial charge in [0.05, 0.1) is 32.8 Å². The minimum atomic E-state index is -1.03. The van der Waals surface area contributed by atoms with Crippen molar-refractivity contribution in [2.75, 3.05) is 23.3 Å². The number of piperidine rings is 1. The average Bonchev–Trinajstić information content (AvgIpc) is 3.15. The zero-order valence-corrected chi connectivity index (χ0v) is 20.3. The predicted molar refractivity (Wildman–Crippen MR) is 131 cm³/mol. The molecule has 4 heterocycles. The number of hydrogen-bond acceptors (Lipinski definition) is 5. The molecule has 2 amide bonds. The quantitative estimate of drug-likeness (QED) is 0.406. The maximum atomic E-state index is 12.8. The second-order valence-electron chi connectivity index (χ2n) is 9.43. The molecule has 10 heteroatoms. The Morgan fingerprint density at radius 2 is 2.06 bits per heavy atom. The Morgan fingerprint density at radius 3 is 2.73 bits per heavy atom. The molecule has 1 aliphatic heterocycles. The maximum absolute atomic E-state index is 12.8. The van der Waals surface area contributed by atoms with Crippen LogP contribution in [0.25, 0.3) is 11.0 Å². The fraction of sp³-hybridized carbons (Fsp3) is 0.391. The fourth-order valence-corrected chi connectivity index (χ4v) is 4.89. The number of hydrogen-bond donors (Lipinski definition) is 4. The molecule has 0 saturated carbocycles. The minimum Gasteiger partial charge on any atom is -0.465 e. The van der Waals surface area contributed by atoms with E-state index in [4.69, 9.17) is 0 Å². The van der Waals surface area contributed by atoms with Gasteiger partial charge in [-0.3, -0.25) is 9.78 Å². The van der Waals surface area contributed by atoms with Crippen molar-refractivity contribution < 1.29 is 14.7 Å². The molecule has 2 unspecified atom stereocenters. The number of nitrogens with one attached hydrogen (secondary N) is 3. The molecule has 0 bridgehead atoms. The van der Waals surface area contributed by atoms with Crippen LogP contribution >= 0.6 is 15.9 Å². The van der Waals surface area contributed by atoms with Gasteiger partial charge in [-0.05, 0) is 45.8 Å². The molecule has 1 aliphatic rings. The van der Waals surface area contributed by atoms with Crippen LogP contribution in [-0.2, 0) is 0 Å². The highest BCUT2D eigenvalue weighted by molar-refractivity contribution is 9.10. The van der Waals surface area contributed by atoms with E-state index in [1.165, 1.54) is 6.20 Å². The number of aromatic nitrogens is 3. The van der Waals surface area contributed by atoms with E-state index in [1.54, 1.807) is 30.7 Å². The Kier molecular flexibility index (Phi) is 6.29. The number of H-pyrrole nitrogens is 1. The lowest BCUT2D eigenvalue weighted by Gasteiger charge is -2.44. The van der Waals surface area contributed by atoms with E-state index >= 15 is 0 Å². The number of rotatable bonds is 4. The Hall–Kier alpha value is -3.14. The summed E-state index contributed by atoms with van der Waals surface area (Å²) in [6.07, 6.45) is 6.31. The first kappa shape index (κ1) is 23.0. The van der Waals surface area contributed by atoms with Crippen molar-refractivity contribution in [1.29, 1.82) is 0 Å². The number of anilines is 2. The third-order valence-corrected chi connectivity index (χ3v) is 6.70. The number of carbonyl (C=O) groups is 2. The molecule has 33 heavy (non-hydrogen) atoms. The molecule has 9 nitrogen and oxygen atoms in total. The van der Waals surface area contributed by atoms with Gasteiger partial charge in [-0.15, -0.1) is 0 Å². The van der Waals surface area contributed by atoms with Gasteiger partial charge in [0.2, 0.25) is 0 Å². The van der Waals surface area contributed by atoms with Crippen LogP contribution in [0.3, 0.4) is 0 Å². The second-order valence-corrected chi connectivity index (χ2v) is 10.3. The normalized spacial score (nSPS) is 18.8. The zero-order chi connectivity index (χ0) is 23.8. The fourth-order valence-electron chi connectivity index (χ4n) is 4.34. The van der Waals surface area contributed by atoms with Gasteiger partial charge in [-0.2, -0.15) is 0 Å². The van der Waals surface area contributed by atoms with Crippen LogP contribution in [0.15, 0.2) is 41.4 Å². The van der Waals surface area contributed by atoms with Gasteiger partial charge < -0.3 is 25.6 Å². The Bertz CT molecular complexity index is 1170. The van der Waals surface area contributed by atoms with E-state index in [9.17, 15) is 14.7 Å². The first-order chi connectivity index (χ1) is 15.6. The zero-order valence-electron chi connectivity index (χ0n) is 18.7. The number of aromatic amines is 1. The molecule has 3 aromatic heterocycles. The molecule has 0 aromatic carbocycles. The smallest absolute Gasteiger partial charge is 0.404 e.